The summed E-state index contributed by atoms with van der Waals surface area (Å²) in [6.45, 7) is 0. The van der Waals surface area contributed by atoms with Gasteiger partial charge < -0.3 is 4.74 Å². The Bertz CT molecular complexity index is 399. The number of hydrogen-bond acceptors (Lipinski definition) is 1. The van der Waals surface area contributed by atoms with E-state index in [0.29, 0.717) is 6.42 Å². The molecule has 0 aliphatic heterocycles. The molecule has 1 fully saturated rings. The summed E-state index contributed by atoms with van der Waals surface area (Å²) < 4.78 is 32.0. The Hall–Kier alpha value is -0.670. The summed E-state index contributed by atoms with van der Waals surface area (Å²) in [7, 11) is 1.64. The minimum absolute atomic E-state index is 0.218. The van der Waals surface area contributed by atoms with Gasteiger partial charge in [-0.3, -0.25) is 0 Å². The molecule has 1 unspecified atom stereocenters. The third-order valence-electron chi connectivity index (χ3n) is 3.54. The lowest BCUT2D eigenvalue weighted by Crippen LogP contribution is -2.40. The van der Waals surface area contributed by atoms with E-state index in [1.54, 1.807) is 7.11 Å². The van der Waals surface area contributed by atoms with E-state index in [-0.39, 0.29) is 11.2 Å². The monoisotopic (exact) mass is 260 g/mol. The van der Waals surface area contributed by atoms with Gasteiger partial charge in [0.15, 0.2) is 0 Å². The maximum atomic E-state index is 13.5. The summed E-state index contributed by atoms with van der Waals surface area (Å²) in [6, 6.07) is 3.37. The average molecular weight is 261 g/mol. The van der Waals surface area contributed by atoms with Crippen LogP contribution in [-0.2, 0) is 4.74 Å². The first-order chi connectivity index (χ1) is 8.06. The highest BCUT2D eigenvalue weighted by Gasteiger charge is 2.39. The van der Waals surface area contributed by atoms with Crippen LogP contribution in [0.3, 0.4) is 0 Å². The molecule has 94 valence electrons. The molecule has 1 aromatic carbocycles. The molecule has 1 nitrogen and oxygen atoms in total. The standard InChI is InChI=1S/C13H15ClF2O/c1-17-13(5-2-6-13)8-11(14)10-7-9(15)3-4-12(10)16/h3-4,7,11H,2,5-6,8H2,1H3. The van der Waals surface area contributed by atoms with Gasteiger partial charge in [-0.25, -0.2) is 8.78 Å². The molecule has 4 heteroatoms. The predicted molar refractivity (Wildman–Crippen MR) is 63.2 cm³/mol. The maximum absolute atomic E-state index is 13.5. The topological polar surface area (TPSA) is 9.23 Å². The molecule has 0 radical (unpaired) electrons. The average Bonchev–Trinajstić information content (AvgIpc) is 2.26. The van der Waals surface area contributed by atoms with Gasteiger partial charge in [0.25, 0.3) is 0 Å². The second kappa shape index (κ2) is 4.91. The van der Waals surface area contributed by atoms with E-state index in [1.165, 1.54) is 0 Å². The van der Waals surface area contributed by atoms with Gasteiger partial charge in [0.1, 0.15) is 11.6 Å². The zero-order valence-corrected chi connectivity index (χ0v) is 10.4. The number of hydrogen-bond donors (Lipinski definition) is 0. The minimum Gasteiger partial charge on any atom is -0.378 e. The van der Waals surface area contributed by atoms with Crippen molar-refractivity contribution in [2.75, 3.05) is 7.11 Å². The lowest BCUT2D eigenvalue weighted by Gasteiger charge is -2.41. The first-order valence-electron chi connectivity index (χ1n) is 5.70. The van der Waals surface area contributed by atoms with Crippen LogP contribution < -0.4 is 0 Å². The summed E-state index contributed by atoms with van der Waals surface area (Å²) in [4.78, 5) is 0. The van der Waals surface area contributed by atoms with Crippen molar-refractivity contribution in [1.82, 2.24) is 0 Å². The fourth-order valence-electron chi connectivity index (χ4n) is 2.25. The Morgan fingerprint density at radius 2 is 2.12 bits per heavy atom. The second-order valence-electron chi connectivity index (χ2n) is 4.58. The number of alkyl halides is 1. The van der Waals surface area contributed by atoms with Crippen LogP contribution in [0.5, 0.6) is 0 Å². The minimum atomic E-state index is -0.550. The van der Waals surface area contributed by atoms with Crippen molar-refractivity contribution in [1.29, 1.82) is 0 Å². The van der Waals surface area contributed by atoms with Crippen LogP contribution in [0.1, 0.15) is 36.6 Å². The third-order valence-corrected chi connectivity index (χ3v) is 3.93. The van der Waals surface area contributed by atoms with E-state index in [4.69, 9.17) is 16.3 Å². The van der Waals surface area contributed by atoms with Gasteiger partial charge in [0, 0.05) is 12.7 Å². The van der Waals surface area contributed by atoms with E-state index >= 15 is 0 Å². The van der Waals surface area contributed by atoms with Crippen molar-refractivity contribution in [3.05, 3.63) is 35.4 Å². The molecule has 0 bridgehead atoms. The lowest BCUT2D eigenvalue weighted by molar-refractivity contribution is -0.0781. The zero-order chi connectivity index (χ0) is 12.5. The second-order valence-corrected chi connectivity index (χ2v) is 5.11. The van der Waals surface area contributed by atoms with Crippen molar-refractivity contribution >= 4 is 11.6 Å². The molecule has 1 aliphatic carbocycles. The van der Waals surface area contributed by atoms with Gasteiger partial charge >= 0.3 is 0 Å². The SMILES string of the molecule is COC1(CC(Cl)c2cc(F)ccc2F)CCC1. The molecule has 1 aromatic rings. The van der Waals surface area contributed by atoms with Crippen molar-refractivity contribution < 1.29 is 13.5 Å². The number of methoxy groups -OCH3 is 1. The molecule has 0 N–H and O–H groups in total. The molecule has 0 aromatic heterocycles. The Labute approximate surface area is 105 Å². The molecule has 0 amide bonds. The molecule has 1 atom stereocenters. The number of rotatable bonds is 4. The first-order valence-corrected chi connectivity index (χ1v) is 6.14. The normalized spacial score (nSPS) is 19.8. The quantitative estimate of drug-likeness (QED) is 0.737. The van der Waals surface area contributed by atoms with E-state index in [9.17, 15) is 8.78 Å². The molecule has 2 rings (SSSR count). The highest BCUT2D eigenvalue weighted by molar-refractivity contribution is 6.20. The molecular formula is C13H15ClF2O. The van der Waals surface area contributed by atoms with Gasteiger partial charge in [-0.2, -0.15) is 0 Å². The molecule has 17 heavy (non-hydrogen) atoms. The summed E-state index contributed by atoms with van der Waals surface area (Å²) in [5.41, 5.74) is -0.0273. The van der Waals surface area contributed by atoms with Crippen molar-refractivity contribution in [2.45, 2.75) is 36.7 Å². The summed E-state index contributed by atoms with van der Waals surface area (Å²) in [5.74, 6) is -0.927. The summed E-state index contributed by atoms with van der Waals surface area (Å²) in [5, 5.41) is -0.550. The molecule has 0 saturated heterocycles. The molecular weight excluding hydrogens is 246 g/mol. The highest BCUT2D eigenvalue weighted by atomic mass is 35.5. The van der Waals surface area contributed by atoms with Crippen LogP contribution in [0.25, 0.3) is 0 Å². The van der Waals surface area contributed by atoms with Gasteiger partial charge in [-0.1, -0.05) is 0 Å². The van der Waals surface area contributed by atoms with Crippen LogP contribution in [0.4, 0.5) is 8.78 Å². The maximum Gasteiger partial charge on any atom is 0.128 e. The Balaban J connectivity index is 2.13. The van der Waals surface area contributed by atoms with Gasteiger partial charge in [-0.15, -0.1) is 11.6 Å². The lowest BCUT2D eigenvalue weighted by atomic mass is 9.76. The number of ether oxygens (including phenoxy) is 1. The first kappa shape index (κ1) is 12.8. The zero-order valence-electron chi connectivity index (χ0n) is 9.68. The molecule has 1 aliphatic rings. The molecule has 1 saturated carbocycles. The van der Waals surface area contributed by atoms with Gasteiger partial charge in [0.05, 0.1) is 11.0 Å². The fourth-order valence-corrected chi connectivity index (χ4v) is 2.70. The largest absolute Gasteiger partial charge is 0.378 e. The smallest absolute Gasteiger partial charge is 0.128 e. The Morgan fingerprint density at radius 1 is 1.41 bits per heavy atom. The van der Waals surface area contributed by atoms with Crippen LogP contribution >= 0.6 is 11.6 Å². The Kier molecular flexibility index (Phi) is 3.69. The van der Waals surface area contributed by atoms with Crippen LogP contribution in [0.2, 0.25) is 0 Å². The van der Waals surface area contributed by atoms with Crippen molar-refractivity contribution in [3.63, 3.8) is 0 Å². The Morgan fingerprint density at radius 3 is 2.65 bits per heavy atom. The van der Waals surface area contributed by atoms with Crippen LogP contribution in [-0.4, -0.2) is 12.7 Å². The molecule has 0 spiro atoms. The van der Waals surface area contributed by atoms with Gasteiger partial charge in [-0.05, 0) is 43.9 Å². The van der Waals surface area contributed by atoms with E-state index in [0.717, 1.165) is 37.5 Å². The summed E-state index contributed by atoms with van der Waals surface area (Å²) in [6.07, 6.45) is 3.49. The predicted octanol–water partition coefficient (Wildman–Crippen LogP) is 4.20. The van der Waals surface area contributed by atoms with E-state index in [2.05, 4.69) is 0 Å². The highest BCUT2D eigenvalue weighted by Crippen LogP contribution is 2.44. The van der Waals surface area contributed by atoms with E-state index < -0.39 is 17.0 Å². The number of benzene rings is 1. The third kappa shape index (κ3) is 2.61. The fraction of sp³-hybridized carbons (Fsp3) is 0.538. The van der Waals surface area contributed by atoms with Crippen molar-refractivity contribution in [3.8, 4) is 0 Å². The van der Waals surface area contributed by atoms with Crippen LogP contribution in [0, 0.1) is 11.6 Å². The van der Waals surface area contributed by atoms with E-state index in [1.807, 2.05) is 0 Å². The number of halogens is 3. The van der Waals surface area contributed by atoms with Crippen molar-refractivity contribution in [2.24, 2.45) is 0 Å². The van der Waals surface area contributed by atoms with Gasteiger partial charge in [0.2, 0.25) is 0 Å². The van der Waals surface area contributed by atoms with Crippen LogP contribution in [0.15, 0.2) is 18.2 Å². The molecule has 0 heterocycles. The summed E-state index contributed by atoms with van der Waals surface area (Å²) >= 11 is 6.17.